The van der Waals surface area contributed by atoms with Crippen molar-refractivity contribution in [3.05, 3.63) is 44.7 Å². The number of aliphatic hydroxyl groups excluding tert-OH is 2. The summed E-state index contributed by atoms with van der Waals surface area (Å²) in [6.45, 7) is 9.78. The molecule has 11 heteroatoms. The van der Waals surface area contributed by atoms with Crippen molar-refractivity contribution in [3.63, 3.8) is 0 Å². The Morgan fingerprint density at radius 2 is 1.80 bits per heavy atom. The number of ketones is 2. The van der Waals surface area contributed by atoms with Crippen LogP contribution in [-0.4, -0.2) is 86.0 Å². The van der Waals surface area contributed by atoms with Gasteiger partial charge in [0.15, 0.2) is 11.4 Å². The van der Waals surface area contributed by atoms with E-state index in [9.17, 15) is 34.8 Å². The van der Waals surface area contributed by atoms with Gasteiger partial charge in [-0.05, 0) is 82.8 Å². The zero-order valence-electron chi connectivity index (χ0n) is 24.4. The molecule has 1 saturated carbocycles. The fraction of sp³-hybridized carbons (Fsp3) is 0.567. The summed E-state index contributed by atoms with van der Waals surface area (Å²) in [5.74, 6) is -6.32. The van der Waals surface area contributed by atoms with Crippen LogP contribution in [0.4, 0.5) is 0 Å². The van der Waals surface area contributed by atoms with Gasteiger partial charge in [-0.3, -0.25) is 24.2 Å². The Balaban J connectivity index is 1.84. The molecule has 1 unspecified atom stereocenters. The number of nitrogens with two attached hydrogens (primary N) is 1. The van der Waals surface area contributed by atoms with E-state index >= 15 is 0 Å². The number of carbonyl (C=O) groups excluding carboxylic acids is 3. The molecule has 0 aromatic heterocycles. The molecule has 10 nitrogen and oxygen atoms in total. The predicted molar refractivity (Wildman–Crippen MR) is 154 cm³/mol. The normalized spacial score (nSPS) is 26.3. The first-order chi connectivity index (χ1) is 19.0. The second kappa shape index (κ2) is 11.1. The number of Topliss-reactive ketones (excluding diaryl/α,β-unsaturated/α-hetero) is 2. The number of hydrogen-bond donors (Lipinski definition) is 5. The second-order valence-electron chi connectivity index (χ2n) is 12.4. The number of phenols is 1. The van der Waals surface area contributed by atoms with Crippen molar-refractivity contribution >= 4 is 34.8 Å². The number of likely N-dealkylation sites (N-methyl/N-ethyl adjacent to an activating group) is 1. The Morgan fingerprint density at radius 3 is 2.34 bits per heavy atom. The molecule has 6 N–H and O–H groups in total. The standard InChI is InChI=1S/C30H40ClN3O7/c1-13(2)7-8-34(14(3)4)12-16-11-19(35)21-17(23(16)31)9-15-10-18-24(33(5)6)26(37)22(29(32)40)28(39)30(18,41)27(38)20(15)25(21)36/h11,13-15,18,24,35-36,39,41H,7-10,12H2,1-6H3,(H2,32,40)/t15-,18-,24-,30?/m0/s1. The summed E-state index contributed by atoms with van der Waals surface area (Å²) in [6.07, 6.45) is 1.15. The molecular formula is C30H40ClN3O7. The van der Waals surface area contributed by atoms with Gasteiger partial charge in [-0.25, -0.2) is 0 Å². The first-order valence-electron chi connectivity index (χ1n) is 14.0. The molecular weight excluding hydrogens is 550 g/mol. The number of benzene rings is 1. The van der Waals surface area contributed by atoms with E-state index in [1.807, 2.05) is 0 Å². The molecule has 1 aromatic rings. The monoisotopic (exact) mass is 589 g/mol. The van der Waals surface area contributed by atoms with Crippen LogP contribution >= 0.6 is 11.6 Å². The number of fused-ring (bicyclic) bond motifs is 3. The largest absolute Gasteiger partial charge is 0.508 e. The van der Waals surface area contributed by atoms with Crippen LogP contribution in [0.2, 0.25) is 5.02 Å². The molecule has 0 spiro atoms. The molecule has 1 amide bonds. The van der Waals surface area contributed by atoms with Gasteiger partial charge in [0.2, 0.25) is 5.78 Å². The maximum atomic E-state index is 13.9. The van der Waals surface area contributed by atoms with E-state index in [-0.39, 0.29) is 35.8 Å². The number of phenolic OH excluding ortho intramolecular Hbond substituents is 1. The van der Waals surface area contributed by atoms with Crippen LogP contribution in [0.3, 0.4) is 0 Å². The number of nitrogens with zero attached hydrogens (tertiary/aromatic N) is 2. The minimum Gasteiger partial charge on any atom is -0.508 e. The molecule has 0 bridgehead atoms. The summed E-state index contributed by atoms with van der Waals surface area (Å²) >= 11 is 6.92. The lowest BCUT2D eigenvalue weighted by molar-refractivity contribution is -0.153. The van der Waals surface area contributed by atoms with Crippen molar-refractivity contribution in [2.45, 2.75) is 71.2 Å². The molecule has 0 heterocycles. The number of hydrogen-bond acceptors (Lipinski definition) is 9. The summed E-state index contributed by atoms with van der Waals surface area (Å²) in [5, 5.41) is 45.5. The van der Waals surface area contributed by atoms with Gasteiger partial charge in [0.1, 0.15) is 22.8 Å². The molecule has 0 aliphatic heterocycles. The van der Waals surface area contributed by atoms with E-state index in [1.54, 1.807) is 14.1 Å². The molecule has 0 saturated heterocycles. The van der Waals surface area contributed by atoms with Gasteiger partial charge in [0, 0.05) is 29.1 Å². The number of rotatable bonds is 8. The van der Waals surface area contributed by atoms with Crippen molar-refractivity contribution < 1.29 is 34.8 Å². The Kier molecular flexibility index (Phi) is 8.36. The van der Waals surface area contributed by atoms with Crippen molar-refractivity contribution in [1.82, 2.24) is 9.80 Å². The third kappa shape index (κ3) is 4.94. The Hall–Kier alpha value is -2.92. The van der Waals surface area contributed by atoms with Gasteiger partial charge in [-0.15, -0.1) is 0 Å². The van der Waals surface area contributed by atoms with Crippen molar-refractivity contribution in [3.8, 4) is 5.75 Å². The van der Waals surface area contributed by atoms with Crippen molar-refractivity contribution in [1.29, 1.82) is 0 Å². The SMILES string of the molecule is CC(C)CCN(Cc1cc(O)c2c(c1Cl)C[C@H]1C[C@H]3[C@H](N(C)C)C(=O)C(C(N)=O)=C(O)C3(O)C(=O)C1=C2O)C(C)C. The Morgan fingerprint density at radius 1 is 1.17 bits per heavy atom. The van der Waals surface area contributed by atoms with Crippen LogP contribution in [-0.2, 0) is 27.3 Å². The summed E-state index contributed by atoms with van der Waals surface area (Å²) < 4.78 is 0. The molecule has 4 rings (SSSR count). The minimum absolute atomic E-state index is 0.00619. The van der Waals surface area contributed by atoms with Crippen LogP contribution in [0.25, 0.3) is 5.76 Å². The number of amides is 1. The molecule has 3 aliphatic rings. The Labute approximate surface area is 245 Å². The van der Waals surface area contributed by atoms with Crippen LogP contribution in [0.15, 0.2) is 23.0 Å². The van der Waals surface area contributed by atoms with Gasteiger partial charge < -0.3 is 26.2 Å². The van der Waals surface area contributed by atoms with Crippen LogP contribution in [0, 0.1) is 17.8 Å². The fourth-order valence-electron chi connectivity index (χ4n) is 6.62. The van der Waals surface area contributed by atoms with Gasteiger partial charge in [0.05, 0.1) is 11.6 Å². The van der Waals surface area contributed by atoms with Gasteiger partial charge in [-0.2, -0.15) is 0 Å². The first kappa shape index (κ1) is 31.0. The third-order valence-electron chi connectivity index (χ3n) is 8.83. The topological polar surface area (TPSA) is 165 Å². The summed E-state index contributed by atoms with van der Waals surface area (Å²) in [4.78, 5) is 43.0. The van der Waals surface area contributed by atoms with Crippen LogP contribution in [0.1, 0.15) is 57.2 Å². The van der Waals surface area contributed by atoms with Crippen LogP contribution < -0.4 is 5.73 Å². The molecule has 224 valence electrons. The molecule has 3 aliphatic carbocycles. The summed E-state index contributed by atoms with van der Waals surface area (Å²) in [7, 11) is 3.13. The summed E-state index contributed by atoms with van der Waals surface area (Å²) in [5.41, 5.74) is 2.81. The van der Waals surface area contributed by atoms with E-state index < -0.39 is 58.0 Å². The number of aliphatic hydroxyl groups is 3. The second-order valence-corrected chi connectivity index (χ2v) is 12.8. The molecule has 1 aromatic carbocycles. The average Bonchev–Trinajstić information content (AvgIpc) is 2.85. The zero-order chi connectivity index (χ0) is 30.7. The van der Waals surface area contributed by atoms with Crippen molar-refractivity contribution in [2.75, 3.05) is 20.6 Å². The smallest absolute Gasteiger partial charge is 0.255 e. The number of halogens is 1. The van der Waals surface area contributed by atoms with Gasteiger partial charge >= 0.3 is 0 Å². The Bertz CT molecular complexity index is 1370. The molecule has 1 fully saturated rings. The van der Waals surface area contributed by atoms with E-state index in [0.29, 0.717) is 28.6 Å². The minimum atomic E-state index is -2.67. The highest BCUT2D eigenvalue weighted by atomic mass is 35.5. The zero-order valence-corrected chi connectivity index (χ0v) is 25.1. The molecule has 0 radical (unpaired) electrons. The predicted octanol–water partition coefficient (Wildman–Crippen LogP) is 2.87. The number of aromatic hydroxyl groups is 1. The highest BCUT2D eigenvalue weighted by Gasteiger charge is 2.64. The van der Waals surface area contributed by atoms with E-state index in [2.05, 4.69) is 32.6 Å². The highest BCUT2D eigenvalue weighted by molar-refractivity contribution is 6.32. The highest BCUT2D eigenvalue weighted by Crippen LogP contribution is 2.53. The van der Waals surface area contributed by atoms with E-state index in [0.717, 1.165) is 13.0 Å². The molecule has 41 heavy (non-hydrogen) atoms. The number of primary amides is 1. The van der Waals surface area contributed by atoms with Crippen molar-refractivity contribution in [2.24, 2.45) is 23.5 Å². The van der Waals surface area contributed by atoms with Gasteiger partial charge in [0.25, 0.3) is 5.91 Å². The maximum absolute atomic E-state index is 13.9. The van der Waals surface area contributed by atoms with Gasteiger partial charge in [-0.1, -0.05) is 25.4 Å². The lowest BCUT2D eigenvalue weighted by Gasteiger charge is -2.50. The lowest BCUT2D eigenvalue weighted by Crippen LogP contribution is -2.65. The number of carbonyl (C=O) groups is 3. The van der Waals surface area contributed by atoms with Crippen LogP contribution in [0.5, 0.6) is 5.75 Å². The maximum Gasteiger partial charge on any atom is 0.255 e. The first-order valence-corrected chi connectivity index (χ1v) is 14.3. The quantitative estimate of drug-likeness (QED) is 0.287. The lowest BCUT2D eigenvalue weighted by atomic mass is 9.57. The van der Waals surface area contributed by atoms with E-state index in [1.165, 1.54) is 11.0 Å². The average molecular weight is 590 g/mol. The molecule has 4 atom stereocenters. The third-order valence-corrected chi connectivity index (χ3v) is 9.30. The summed E-state index contributed by atoms with van der Waals surface area (Å²) in [6, 6.07) is 0.565. The fourth-order valence-corrected chi connectivity index (χ4v) is 6.91. The van der Waals surface area contributed by atoms with E-state index in [4.69, 9.17) is 17.3 Å².